The summed E-state index contributed by atoms with van der Waals surface area (Å²) >= 11 is 0. The van der Waals surface area contributed by atoms with E-state index in [0.717, 1.165) is 18.9 Å². The molecular weight excluding hydrogens is 248 g/mol. The quantitative estimate of drug-likeness (QED) is 0.452. The molecule has 1 aromatic heterocycles. The van der Waals surface area contributed by atoms with Crippen LogP contribution in [0.15, 0.2) is 18.3 Å². The second-order valence-corrected chi connectivity index (χ2v) is 4.05. The number of ketones is 1. The Hall–Kier alpha value is -1.95. The Morgan fingerprint density at radius 3 is 2.68 bits per heavy atom. The van der Waals surface area contributed by atoms with E-state index < -0.39 is 11.8 Å². The number of esters is 1. The second-order valence-electron chi connectivity index (χ2n) is 4.05. The topological polar surface area (TPSA) is 68.7 Å². The molecule has 6 heteroatoms. The molecule has 1 aromatic rings. The van der Waals surface area contributed by atoms with Crippen LogP contribution in [-0.4, -0.2) is 49.6 Å². The van der Waals surface area contributed by atoms with Crippen molar-refractivity contribution in [3.05, 3.63) is 23.9 Å². The molecule has 1 aliphatic heterocycles. The third-order valence-electron chi connectivity index (χ3n) is 2.81. The van der Waals surface area contributed by atoms with Crippen molar-refractivity contribution < 1.29 is 19.1 Å². The van der Waals surface area contributed by atoms with Crippen molar-refractivity contribution in [2.75, 3.05) is 37.8 Å². The smallest absolute Gasteiger partial charge is 0.379 e. The third-order valence-corrected chi connectivity index (χ3v) is 2.81. The number of nitrogens with zero attached hydrogens (tertiary/aromatic N) is 2. The molecule has 0 amide bonds. The number of carbonyl (C=O) groups is 2. The van der Waals surface area contributed by atoms with E-state index in [1.54, 1.807) is 19.1 Å². The Morgan fingerprint density at radius 1 is 1.37 bits per heavy atom. The van der Waals surface area contributed by atoms with Crippen LogP contribution in [0, 0.1) is 0 Å². The van der Waals surface area contributed by atoms with E-state index in [4.69, 9.17) is 4.74 Å². The van der Waals surface area contributed by atoms with Crippen LogP contribution in [0.1, 0.15) is 17.3 Å². The summed E-state index contributed by atoms with van der Waals surface area (Å²) in [6.45, 7) is 4.74. The van der Waals surface area contributed by atoms with Crippen LogP contribution in [0.2, 0.25) is 0 Å². The Balaban J connectivity index is 2.05. The van der Waals surface area contributed by atoms with E-state index >= 15 is 0 Å². The lowest BCUT2D eigenvalue weighted by atomic mass is 10.2. The number of morpholine rings is 1. The van der Waals surface area contributed by atoms with Crippen LogP contribution in [0.25, 0.3) is 0 Å². The number of anilines is 1. The number of pyridine rings is 1. The highest BCUT2D eigenvalue weighted by Gasteiger charge is 2.18. The maximum atomic E-state index is 11.7. The van der Waals surface area contributed by atoms with Crippen LogP contribution >= 0.6 is 0 Å². The van der Waals surface area contributed by atoms with Gasteiger partial charge in [-0.05, 0) is 19.1 Å². The zero-order valence-electron chi connectivity index (χ0n) is 10.8. The molecule has 2 rings (SSSR count). The maximum absolute atomic E-state index is 11.7. The van der Waals surface area contributed by atoms with Crippen molar-refractivity contribution in [3.63, 3.8) is 0 Å². The molecule has 102 valence electrons. The minimum absolute atomic E-state index is 0.184. The molecule has 0 atom stereocenters. The van der Waals surface area contributed by atoms with Crippen molar-refractivity contribution in [2.45, 2.75) is 6.92 Å². The fourth-order valence-electron chi connectivity index (χ4n) is 1.81. The van der Waals surface area contributed by atoms with Gasteiger partial charge in [0.1, 0.15) is 5.82 Å². The molecule has 1 saturated heterocycles. The first kappa shape index (κ1) is 13.5. The zero-order valence-corrected chi connectivity index (χ0v) is 10.8. The lowest BCUT2D eigenvalue weighted by molar-refractivity contribution is -0.137. The van der Waals surface area contributed by atoms with Gasteiger partial charge in [-0.1, -0.05) is 0 Å². The van der Waals surface area contributed by atoms with Gasteiger partial charge in [0, 0.05) is 24.8 Å². The van der Waals surface area contributed by atoms with Gasteiger partial charge >= 0.3 is 5.97 Å². The summed E-state index contributed by atoms with van der Waals surface area (Å²) in [6, 6.07) is 3.33. The van der Waals surface area contributed by atoms with Crippen molar-refractivity contribution in [3.8, 4) is 0 Å². The van der Waals surface area contributed by atoms with Gasteiger partial charge < -0.3 is 14.4 Å². The number of aromatic nitrogens is 1. The van der Waals surface area contributed by atoms with Crippen molar-refractivity contribution >= 4 is 17.6 Å². The molecule has 0 N–H and O–H groups in total. The molecule has 2 heterocycles. The largest absolute Gasteiger partial charge is 0.460 e. The summed E-state index contributed by atoms with van der Waals surface area (Å²) in [5.74, 6) is -0.727. The van der Waals surface area contributed by atoms with Gasteiger partial charge in [0.2, 0.25) is 0 Å². The van der Waals surface area contributed by atoms with Crippen molar-refractivity contribution in [1.29, 1.82) is 0 Å². The molecule has 1 fully saturated rings. The van der Waals surface area contributed by atoms with E-state index in [1.165, 1.54) is 6.20 Å². The second kappa shape index (κ2) is 6.29. The van der Waals surface area contributed by atoms with E-state index in [-0.39, 0.29) is 12.2 Å². The van der Waals surface area contributed by atoms with Crippen LogP contribution in [0.4, 0.5) is 5.82 Å². The molecule has 0 unspecified atom stereocenters. The average molecular weight is 264 g/mol. The van der Waals surface area contributed by atoms with Crippen LogP contribution in [-0.2, 0) is 14.3 Å². The molecule has 1 aliphatic rings. The Bertz CT molecular complexity index is 452. The van der Waals surface area contributed by atoms with Gasteiger partial charge in [-0.25, -0.2) is 9.78 Å². The van der Waals surface area contributed by atoms with E-state index in [1.807, 2.05) is 0 Å². The fourth-order valence-corrected chi connectivity index (χ4v) is 1.81. The first-order valence-electron chi connectivity index (χ1n) is 6.22. The highest BCUT2D eigenvalue weighted by atomic mass is 16.5. The highest BCUT2D eigenvalue weighted by Crippen LogP contribution is 2.13. The monoisotopic (exact) mass is 264 g/mol. The van der Waals surface area contributed by atoms with Gasteiger partial charge in [0.25, 0.3) is 5.78 Å². The third kappa shape index (κ3) is 3.29. The number of ether oxygens (including phenoxy) is 2. The maximum Gasteiger partial charge on any atom is 0.379 e. The number of hydrogen-bond acceptors (Lipinski definition) is 6. The summed E-state index contributed by atoms with van der Waals surface area (Å²) in [7, 11) is 0. The van der Waals surface area contributed by atoms with Gasteiger partial charge in [-0.2, -0.15) is 0 Å². The van der Waals surface area contributed by atoms with E-state index in [2.05, 4.69) is 14.6 Å². The lowest BCUT2D eigenvalue weighted by Gasteiger charge is -2.27. The van der Waals surface area contributed by atoms with Gasteiger partial charge in [0.15, 0.2) is 0 Å². The normalized spacial score (nSPS) is 15.1. The Kier molecular flexibility index (Phi) is 4.46. The predicted molar refractivity (Wildman–Crippen MR) is 68.2 cm³/mol. The zero-order chi connectivity index (χ0) is 13.7. The van der Waals surface area contributed by atoms with Crippen LogP contribution in [0.3, 0.4) is 0 Å². The molecule has 0 aliphatic carbocycles. The Morgan fingerprint density at radius 2 is 2.11 bits per heavy atom. The number of rotatable bonds is 4. The van der Waals surface area contributed by atoms with Crippen molar-refractivity contribution in [1.82, 2.24) is 4.98 Å². The van der Waals surface area contributed by atoms with Crippen LogP contribution in [0.5, 0.6) is 0 Å². The van der Waals surface area contributed by atoms with Crippen molar-refractivity contribution in [2.24, 2.45) is 0 Å². The molecular formula is C13H16N2O4. The predicted octanol–water partition coefficient (Wildman–Crippen LogP) is 0.664. The molecule has 0 aromatic carbocycles. The molecule has 6 nitrogen and oxygen atoms in total. The number of carbonyl (C=O) groups excluding carboxylic acids is 2. The summed E-state index contributed by atoms with van der Waals surface area (Å²) in [5.41, 5.74) is 0.246. The summed E-state index contributed by atoms with van der Waals surface area (Å²) in [6.07, 6.45) is 1.41. The lowest BCUT2D eigenvalue weighted by Crippen LogP contribution is -2.36. The summed E-state index contributed by atoms with van der Waals surface area (Å²) in [5, 5.41) is 0. The SMILES string of the molecule is CCOC(=O)C(=O)c1ccc(N2CCOCC2)nc1. The molecule has 0 spiro atoms. The number of hydrogen-bond donors (Lipinski definition) is 0. The standard InChI is InChI=1S/C13H16N2O4/c1-2-19-13(17)12(16)10-3-4-11(14-9-10)15-5-7-18-8-6-15/h3-4,9H,2,5-8H2,1H3. The summed E-state index contributed by atoms with van der Waals surface area (Å²) < 4.78 is 9.92. The van der Waals surface area contributed by atoms with E-state index in [0.29, 0.717) is 13.2 Å². The first-order chi connectivity index (χ1) is 9.22. The molecule has 0 bridgehead atoms. The molecule has 0 saturated carbocycles. The molecule has 0 radical (unpaired) electrons. The highest BCUT2D eigenvalue weighted by molar-refractivity contribution is 6.40. The molecule has 19 heavy (non-hydrogen) atoms. The fraction of sp³-hybridized carbons (Fsp3) is 0.462. The van der Waals surface area contributed by atoms with Gasteiger partial charge in [-0.3, -0.25) is 4.79 Å². The average Bonchev–Trinajstić information content (AvgIpc) is 2.48. The minimum Gasteiger partial charge on any atom is -0.460 e. The van der Waals surface area contributed by atoms with Gasteiger partial charge in [0.05, 0.1) is 19.8 Å². The Labute approximate surface area is 111 Å². The number of Topliss-reactive ketones (excluding diaryl/α,β-unsaturated/α-hetero) is 1. The van der Waals surface area contributed by atoms with Gasteiger partial charge in [-0.15, -0.1) is 0 Å². The van der Waals surface area contributed by atoms with E-state index in [9.17, 15) is 9.59 Å². The van der Waals surface area contributed by atoms with Crippen LogP contribution < -0.4 is 4.90 Å². The first-order valence-corrected chi connectivity index (χ1v) is 6.22. The minimum atomic E-state index is -0.844. The summed E-state index contributed by atoms with van der Waals surface area (Å²) in [4.78, 5) is 29.3.